The SMILES string of the molecule is CC[Te].C[CH2][Sn]([CH2]C)[CH2]C. The molecule has 0 aliphatic heterocycles. The Labute approximate surface area is 86.8 Å². The summed E-state index contributed by atoms with van der Waals surface area (Å²) in [6.07, 6.45) is 0. The average molecular weight is 363 g/mol. The topological polar surface area (TPSA) is 0 Å². The van der Waals surface area contributed by atoms with Crippen molar-refractivity contribution in [1.29, 1.82) is 0 Å². The van der Waals surface area contributed by atoms with Crippen LogP contribution in [0.15, 0.2) is 0 Å². The molecule has 0 aliphatic rings. The molecule has 0 amide bonds. The molecule has 0 saturated carbocycles. The van der Waals surface area contributed by atoms with Gasteiger partial charge in [-0.1, -0.05) is 0 Å². The van der Waals surface area contributed by atoms with Gasteiger partial charge in [0.05, 0.1) is 0 Å². The van der Waals surface area contributed by atoms with Crippen molar-refractivity contribution in [2.24, 2.45) is 0 Å². The van der Waals surface area contributed by atoms with Crippen molar-refractivity contribution in [2.75, 3.05) is 0 Å². The number of hydrogen-bond donors (Lipinski definition) is 0. The molecule has 0 aromatic heterocycles. The van der Waals surface area contributed by atoms with Crippen molar-refractivity contribution in [1.82, 2.24) is 0 Å². The molecule has 0 aromatic carbocycles. The van der Waals surface area contributed by atoms with Crippen LogP contribution in [0.2, 0.25) is 17.8 Å². The fourth-order valence-electron chi connectivity index (χ4n) is 0.750. The van der Waals surface area contributed by atoms with Gasteiger partial charge in [-0.25, -0.2) is 0 Å². The third-order valence-electron chi connectivity index (χ3n) is 1.50. The maximum atomic E-state index is 2.35. The van der Waals surface area contributed by atoms with Gasteiger partial charge < -0.3 is 0 Å². The van der Waals surface area contributed by atoms with Crippen molar-refractivity contribution in [3.63, 3.8) is 0 Å². The molecule has 0 saturated heterocycles. The van der Waals surface area contributed by atoms with Crippen LogP contribution in [0.4, 0.5) is 0 Å². The van der Waals surface area contributed by atoms with Crippen molar-refractivity contribution in [2.45, 2.75) is 45.5 Å². The van der Waals surface area contributed by atoms with E-state index < -0.39 is 19.8 Å². The molecule has 0 fully saturated rings. The van der Waals surface area contributed by atoms with Gasteiger partial charge in [0, 0.05) is 0 Å². The van der Waals surface area contributed by atoms with Crippen LogP contribution in [-0.2, 0) is 0 Å². The van der Waals surface area contributed by atoms with Crippen LogP contribution >= 0.6 is 0 Å². The molecule has 0 atom stereocenters. The van der Waals surface area contributed by atoms with Crippen LogP contribution in [0.25, 0.3) is 0 Å². The van der Waals surface area contributed by atoms with Crippen LogP contribution in [-0.4, -0.2) is 42.1 Å². The molecule has 0 rings (SSSR count). The van der Waals surface area contributed by atoms with Crippen LogP contribution < -0.4 is 0 Å². The van der Waals surface area contributed by atoms with E-state index in [0.717, 1.165) is 0 Å². The van der Waals surface area contributed by atoms with E-state index in [1.807, 2.05) is 0 Å². The van der Waals surface area contributed by atoms with Gasteiger partial charge in [-0.15, -0.1) is 0 Å². The van der Waals surface area contributed by atoms with Crippen LogP contribution in [0.1, 0.15) is 27.7 Å². The van der Waals surface area contributed by atoms with E-state index in [0.29, 0.717) is 0 Å². The Bertz CT molecular complexity index is 39.0. The van der Waals surface area contributed by atoms with Gasteiger partial charge in [-0.2, -0.15) is 0 Å². The van der Waals surface area contributed by atoms with E-state index in [9.17, 15) is 0 Å². The monoisotopic (exact) mass is 366 g/mol. The molecule has 2 heteroatoms. The zero-order valence-corrected chi connectivity index (χ0v) is 12.9. The quantitative estimate of drug-likeness (QED) is 0.677. The summed E-state index contributed by atoms with van der Waals surface area (Å²) in [6, 6.07) is 0. The molecule has 2 radical (unpaired) electrons. The van der Waals surface area contributed by atoms with Gasteiger partial charge in [0.25, 0.3) is 0 Å². The molecule has 0 nitrogen and oxygen atoms in total. The Balaban J connectivity index is 0. The maximum absolute atomic E-state index is 2.35. The molecular formula is C8H20SnTe. The molecule has 62 valence electrons. The van der Waals surface area contributed by atoms with E-state index in [-0.39, 0.29) is 0 Å². The molecule has 0 bridgehead atoms. The Hall–Kier alpha value is 1.59. The van der Waals surface area contributed by atoms with Crippen molar-refractivity contribution in [3.8, 4) is 0 Å². The van der Waals surface area contributed by atoms with E-state index in [1.165, 1.54) is 4.47 Å². The average Bonchev–Trinajstić information content (AvgIpc) is 1.93. The fourth-order valence-corrected chi connectivity index (χ4v) is 5.03. The van der Waals surface area contributed by atoms with Crippen molar-refractivity contribution < 1.29 is 0 Å². The Kier molecular flexibility index (Phi) is 18.7. The van der Waals surface area contributed by atoms with Crippen molar-refractivity contribution >= 4 is 42.1 Å². The van der Waals surface area contributed by atoms with Crippen LogP contribution in [0.3, 0.4) is 0 Å². The first-order valence-corrected chi connectivity index (χ1v) is 11.9. The van der Waals surface area contributed by atoms with E-state index >= 15 is 0 Å². The first-order chi connectivity index (χ1) is 4.76. The molecule has 0 heterocycles. The van der Waals surface area contributed by atoms with Gasteiger partial charge in [0.2, 0.25) is 0 Å². The second-order valence-electron chi connectivity index (χ2n) is 2.10. The predicted octanol–water partition coefficient (Wildman–Crippen LogP) is 3.13. The molecule has 0 aromatic rings. The zero-order chi connectivity index (χ0) is 8.41. The normalized spacial score (nSPS) is 9.00. The summed E-state index contributed by atoms with van der Waals surface area (Å²) in [4.78, 5) is 0. The van der Waals surface area contributed by atoms with Crippen LogP contribution in [0, 0.1) is 0 Å². The Morgan fingerprint density at radius 3 is 1.10 bits per heavy atom. The van der Waals surface area contributed by atoms with E-state index in [2.05, 4.69) is 50.0 Å². The minimum absolute atomic E-state index is 0.653. The summed E-state index contributed by atoms with van der Waals surface area (Å²) < 4.78 is 5.91. The van der Waals surface area contributed by atoms with Gasteiger partial charge in [-0.3, -0.25) is 0 Å². The molecule has 0 spiro atoms. The van der Waals surface area contributed by atoms with Gasteiger partial charge in [0.15, 0.2) is 0 Å². The van der Waals surface area contributed by atoms with Gasteiger partial charge in [-0.05, 0) is 0 Å². The second kappa shape index (κ2) is 13.2. The molecule has 0 aliphatic carbocycles. The number of rotatable bonds is 3. The number of hydrogen-bond acceptors (Lipinski definition) is 0. The summed E-state index contributed by atoms with van der Waals surface area (Å²) in [5.41, 5.74) is 0. The second-order valence-corrected chi connectivity index (χ2v) is 14.1. The van der Waals surface area contributed by atoms with Crippen LogP contribution in [0.5, 0.6) is 0 Å². The van der Waals surface area contributed by atoms with E-state index in [1.54, 1.807) is 13.3 Å². The standard InChI is InChI=1S/C2H5Te.3C2H5.Sn/c1-2-3;3*1-2;/h2H2,1H3;3*1H2,2H3;. The Morgan fingerprint density at radius 1 is 0.900 bits per heavy atom. The minimum atomic E-state index is -0.653. The van der Waals surface area contributed by atoms with Crippen molar-refractivity contribution in [3.05, 3.63) is 0 Å². The Morgan fingerprint density at radius 2 is 1.10 bits per heavy atom. The fraction of sp³-hybridized carbons (Fsp3) is 1.00. The summed E-state index contributed by atoms with van der Waals surface area (Å²) in [5.74, 6) is 0. The zero-order valence-electron chi connectivity index (χ0n) is 7.74. The third-order valence-corrected chi connectivity index (χ3v) is 10.1. The summed E-state index contributed by atoms with van der Waals surface area (Å²) in [6.45, 7) is 9.18. The molecule has 10 heavy (non-hydrogen) atoms. The first-order valence-electron chi connectivity index (χ1n) is 4.18. The molecule has 0 unspecified atom stereocenters. The predicted molar refractivity (Wildman–Crippen MR) is 53.4 cm³/mol. The van der Waals surface area contributed by atoms with E-state index in [4.69, 9.17) is 0 Å². The first kappa shape index (κ1) is 14.1. The molecule has 0 N–H and O–H groups in total. The third kappa shape index (κ3) is 12.3. The summed E-state index contributed by atoms with van der Waals surface area (Å²) >= 11 is 1.42. The summed E-state index contributed by atoms with van der Waals surface area (Å²) in [5, 5.41) is 0. The van der Waals surface area contributed by atoms with Gasteiger partial charge >= 0.3 is 87.5 Å². The molecular weight excluding hydrogens is 342 g/mol. The summed E-state index contributed by atoms with van der Waals surface area (Å²) in [7, 11) is 0. The van der Waals surface area contributed by atoms with Gasteiger partial charge in [0.1, 0.15) is 0 Å².